The second-order valence-corrected chi connectivity index (χ2v) is 8.08. The highest BCUT2D eigenvalue weighted by molar-refractivity contribution is 5.93. The number of hydrogen-bond acceptors (Lipinski definition) is 6. The highest BCUT2D eigenvalue weighted by Gasteiger charge is 2.30. The molecule has 1 fully saturated rings. The van der Waals surface area contributed by atoms with Gasteiger partial charge in [-0.2, -0.15) is 0 Å². The van der Waals surface area contributed by atoms with Crippen LogP contribution in [-0.4, -0.2) is 48.7 Å². The summed E-state index contributed by atoms with van der Waals surface area (Å²) < 4.78 is 15.8. The van der Waals surface area contributed by atoms with Crippen molar-refractivity contribution in [3.63, 3.8) is 0 Å². The van der Waals surface area contributed by atoms with Crippen molar-refractivity contribution in [2.45, 2.75) is 32.4 Å². The lowest BCUT2D eigenvalue weighted by Gasteiger charge is -2.33. The number of ether oxygens (including phenoxy) is 3. The molecule has 0 aromatic heterocycles. The Bertz CT molecular complexity index is 1000. The minimum Gasteiger partial charge on any atom is -0.454 e. The molecule has 9 nitrogen and oxygen atoms in total. The molecule has 0 saturated carbocycles. The first kappa shape index (κ1) is 22.4. The van der Waals surface area contributed by atoms with Gasteiger partial charge in [-0.15, -0.1) is 0 Å². The van der Waals surface area contributed by atoms with Crippen LogP contribution in [0.15, 0.2) is 48.5 Å². The molecular formula is C24H27N3O6. The summed E-state index contributed by atoms with van der Waals surface area (Å²) in [5.41, 5.74) is 1.52. The second kappa shape index (κ2) is 10.2. The van der Waals surface area contributed by atoms with Crippen LogP contribution in [0.4, 0.5) is 10.5 Å². The van der Waals surface area contributed by atoms with Crippen molar-refractivity contribution in [2.24, 2.45) is 5.92 Å². The summed E-state index contributed by atoms with van der Waals surface area (Å²) in [7, 11) is 0. The monoisotopic (exact) mass is 453 g/mol. The number of carbonyl (C=O) groups excluding carboxylic acids is 3. The molecule has 2 aromatic carbocycles. The topological polar surface area (TPSA) is 106 Å². The Morgan fingerprint density at radius 3 is 2.55 bits per heavy atom. The molecule has 0 bridgehead atoms. The summed E-state index contributed by atoms with van der Waals surface area (Å²) >= 11 is 0. The van der Waals surface area contributed by atoms with Crippen LogP contribution in [-0.2, 0) is 20.9 Å². The zero-order valence-electron chi connectivity index (χ0n) is 18.4. The summed E-state index contributed by atoms with van der Waals surface area (Å²) in [6.07, 6.45) is 0.457. The number of carbonyl (C=O) groups is 3. The van der Waals surface area contributed by atoms with Crippen LogP contribution in [0.1, 0.15) is 25.3 Å². The number of rotatable bonds is 6. The number of anilines is 1. The van der Waals surface area contributed by atoms with E-state index in [4.69, 9.17) is 14.2 Å². The Balaban J connectivity index is 1.20. The molecule has 0 unspecified atom stereocenters. The van der Waals surface area contributed by atoms with Gasteiger partial charge >= 0.3 is 6.09 Å². The number of nitrogens with zero attached hydrogens (tertiary/aromatic N) is 1. The number of alkyl carbamates (subject to hydrolysis) is 1. The maximum atomic E-state index is 12.7. The first-order chi connectivity index (χ1) is 16.0. The molecule has 0 radical (unpaired) electrons. The summed E-state index contributed by atoms with van der Waals surface area (Å²) in [5, 5.41) is 5.49. The smallest absolute Gasteiger partial charge is 0.408 e. The highest BCUT2D eigenvalue weighted by Crippen LogP contribution is 2.34. The fourth-order valence-electron chi connectivity index (χ4n) is 3.86. The lowest BCUT2D eigenvalue weighted by molar-refractivity contribution is -0.136. The van der Waals surface area contributed by atoms with Crippen molar-refractivity contribution in [1.82, 2.24) is 10.2 Å². The number of hydrogen-bond donors (Lipinski definition) is 2. The fraction of sp³-hybridized carbons (Fsp3) is 0.375. The summed E-state index contributed by atoms with van der Waals surface area (Å²) in [5.74, 6) is 0.792. The molecular weight excluding hydrogens is 426 g/mol. The molecule has 174 valence electrons. The number of benzene rings is 2. The van der Waals surface area contributed by atoms with E-state index in [0.29, 0.717) is 43.1 Å². The molecule has 4 rings (SSSR count). The lowest BCUT2D eigenvalue weighted by Crippen LogP contribution is -2.50. The molecule has 2 heterocycles. The van der Waals surface area contributed by atoms with Gasteiger partial charge < -0.3 is 29.7 Å². The minimum absolute atomic E-state index is 0.0865. The number of amides is 3. The third kappa shape index (κ3) is 5.74. The van der Waals surface area contributed by atoms with E-state index in [1.54, 1.807) is 30.0 Å². The molecule has 2 aliphatic heterocycles. The van der Waals surface area contributed by atoms with Gasteiger partial charge in [0.25, 0.3) is 0 Å². The zero-order valence-corrected chi connectivity index (χ0v) is 18.4. The quantitative estimate of drug-likeness (QED) is 0.697. The van der Waals surface area contributed by atoms with E-state index in [1.807, 2.05) is 30.3 Å². The van der Waals surface area contributed by atoms with E-state index in [9.17, 15) is 14.4 Å². The minimum atomic E-state index is -0.715. The molecule has 33 heavy (non-hydrogen) atoms. The molecule has 3 amide bonds. The molecule has 0 aliphatic carbocycles. The van der Waals surface area contributed by atoms with Crippen molar-refractivity contribution in [1.29, 1.82) is 0 Å². The van der Waals surface area contributed by atoms with E-state index in [0.717, 1.165) is 5.56 Å². The maximum absolute atomic E-state index is 12.7. The van der Waals surface area contributed by atoms with Crippen LogP contribution in [0.3, 0.4) is 0 Å². The Morgan fingerprint density at radius 2 is 1.79 bits per heavy atom. The van der Waals surface area contributed by atoms with Crippen molar-refractivity contribution < 1.29 is 28.6 Å². The van der Waals surface area contributed by atoms with E-state index >= 15 is 0 Å². The van der Waals surface area contributed by atoms with Gasteiger partial charge in [-0.25, -0.2) is 4.79 Å². The third-order valence-corrected chi connectivity index (χ3v) is 5.74. The van der Waals surface area contributed by atoms with Gasteiger partial charge in [0, 0.05) is 30.8 Å². The molecule has 0 spiro atoms. The first-order valence-corrected chi connectivity index (χ1v) is 11.0. The highest BCUT2D eigenvalue weighted by atomic mass is 16.7. The van der Waals surface area contributed by atoms with Crippen molar-refractivity contribution in [3.05, 3.63) is 54.1 Å². The van der Waals surface area contributed by atoms with Crippen LogP contribution in [0.25, 0.3) is 0 Å². The van der Waals surface area contributed by atoms with E-state index in [-0.39, 0.29) is 31.1 Å². The Labute approximate surface area is 192 Å². The first-order valence-electron chi connectivity index (χ1n) is 11.0. The van der Waals surface area contributed by atoms with Crippen LogP contribution in [0.5, 0.6) is 11.5 Å². The zero-order chi connectivity index (χ0) is 23.2. The summed E-state index contributed by atoms with van der Waals surface area (Å²) in [6.45, 7) is 2.84. The van der Waals surface area contributed by atoms with Gasteiger partial charge in [0.15, 0.2) is 11.5 Å². The van der Waals surface area contributed by atoms with Crippen molar-refractivity contribution >= 4 is 23.6 Å². The largest absolute Gasteiger partial charge is 0.454 e. The van der Waals surface area contributed by atoms with Gasteiger partial charge in [0.1, 0.15) is 12.6 Å². The average molecular weight is 453 g/mol. The molecule has 2 aromatic rings. The van der Waals surface area contributed by atoms with Crippen LogP contribution < -0.4 is 20.1 Å². The van der Waals surface area contributed by atoms with Crippen LogP contribution in [0, 0.1) is 5.92 Å². The molecule has 2 N–H and O–H groups in total. The number of piperidine rings is 1. The molecule has 2 aliphatic rings. The second-order valence-electron chi connectivity index (χ2n) is 8.08. The SMILES string of the molecule is C[C@@H](NC(=O)OCc1ccccc1)C(=O)N1CCC(C(=O)Nc2ccc3c(c2)OCO3)CC1. The third-order valence-electron chi connectivity index (χ3n) is 5.74. The average Bonchev–Trinajstić information content (AvgIpc) is 3.31. The van der Waals surface area contributed by atoms with E-state index in [2.05, 4.69) is 10.6 Å². The van der Waals surface area contributed by atoms with Crippen molar-refractivity contribution in [3.8, 4) is 11.5 Å². The van der Waals surface area contributed by atoms with Gasteiger partial charge in [0.05, 0.1) is 0 Å². The number of likely N-dealkylation sites (tertiary alicyclic amines) is 1. The standard InChI is InChI=1S/C24H27N3O6/c1-16(25-24(30)31-14-17-5-3-2-4-6-17)23(29)27-11-9-18(10-12-27)22(28)26-19-7-8-20-21(13-19)33-15-32-20/h2-8,13,16,18H,9-12,14-15H2,1H3,(H,25,30)(H,26,28)/t16-/m1/s1. The van der Waals surface area contributed by atoms with E-state index in [1.165, 1.54) is 0 Å². The maximum Gasteiger partial charge on any atom is 0.408 e. The molecule has 9 heteroatoms. The number of nitrogens with one attached hydrogen (secondary N) is 2. The predicted octanol–water partition coefficient (Wildman–Crippen LogP) is 2.91. The van der Waals surface area contributed by atoms with Crippen LogP contribution >= 0.6 is 0 Å². The van der Waals surface area contributed by atoms with Crippen LogP contribution in [0.2, 0.25) is 0 Å². The van der Waals surface area contributed by atoms with E-state index < -0.39 is 12.1 Å². The fourth-order valence-corrected chi connectivity index (χ4v) is 3.86. The van der Waals surface area contributed by atoms with Gasteiger partial charge in [-0.3, -0.25) is 9.59 Å². The Kier molecular flexibility index (Phi) is 6.97. The molecule has 1 saturated heterocycles. The summed E-state index contributed by atoms with van der Waals surface area (Å²) in [4.78, 5) is 39.1. The predicted molar refractivity (Wildman–Crippen MR) is 120 cm³/mol. The Morgan fingerprint density at radius 1 is 1.06 bits per heavy atom. The molecule has 1 atom stereocenters. The normalized spacial score (nSPS) is 16.1. The number of fused-ring (bicyclic) bond motifs is 1. The van der Waals surface area contributed by atoms with Gasteiger partial charge in [0.2, 0.25) is 18.6 Å². The lowest BCUT2D eigenvalue weighted by atomic mass is 9.95. The van der Waals surface area contributed by atoms with Crippen molar-refractivity contribution in [2.75, 3.05) is 25.2 Å². The van der Waals surface area contributed by atoms with Gasteiger partial charge in [-0.1, -0.05) is 30.3 Å². The van der Waals surface area contributed by atoms with Gasteiger partial charge in [-0.05, 0) is 37.5 Å². The Hall–Kier alpha value is -3.75. The summed E-state index contributed by atoms with van der Waals surface area (Å²) in [6, 6.07) is 13.9.